The molecule has 1 heterocycles. The van der Waals surface area contributed by atoms with E-state index in [0.717, 1.165) is 0 Å². The molecule has 8 atom stereocenters. The van der Waals surface area contributed by atoms with Gasteiger partial charge in [0.25, 0.3) is 0 Å². The smallest absolute Gasteiger partial charge is 0.187 e. The summed E-state index contributed by atoms with van der Waals surface area (Å²) < 4.78 is 10.9. The first-order valence-electron chi connectivity index (χ1n) is 8.13. The third-order valence-electron chi connectivity index (χ3n) is 5.02. The zero-order valence-electron chi connectivity index (χ0n) is 14.1. The lowest BCUT2D eigenvalue weighted by Gasteiger charge is -2.46. The molecule has 24 heavy (non-hydrogen) atoms. The van der Waals surface area contributed by atoms with Crippen LogP contribution in [0.5, 0.6) is 0 Å². The average Bonchev–Trinajstić information content (AvgIpc) is 2.51. The predicted molar refractivity (Wildman–Crippen MR) is 82.8 cm³/mol. The molecule has 140 valence electrons. The second kappa shape index (κ2) is 6.97. The van der Waals surface area contributed by atoms with Crippen LogP contribution in [0.2, 0.25) is 0 Å². The lowest BCUT2D eigenvalue weighted by atomic mass is 9.75. The van der Waals surface area contributed by atoms with Gasteiger partial charge in [-0.1, -0.05) is 26.0 Å². The molecule has 0 aromatic carbocycles. The molecule has 6 N–H and O–H groups in total. The Kier molecular flexibility index (Phi) is 5.73. The van der Waals surface area contributed by atoms with Gasteiger partial charge in [0.1, 0.15) is 30.0 Å². The minimum atomic E-state index is -1.56. The maximum Gasteiger partial charge on any atom is 0.187 e. The van der Waals surface area contributed by atoms with E-state index in [4.69, 9.17) is 9.47 Å². The molecule has 0 radical (unpaired) electrons. The second-order valence-electron chi connectivity index (χ2n) is 7.23. The van der Waals surface area contributed by atoms with Gasteiger partial charge in [0, 0.05) is 6.42 Å². The molecule has 0 aromatic heterocycles. The van der Waals surface area contributed by atoms with Crippen LogP contribution in [0.25, 0.3) is 0 Å². The number of aliphatic hydroxyl groups excluding tert-OH is 4. The van der Waals surface area contributed by atoms with E-state index in [1.165, 1.54) is 19.1 Å². The van der Waals surface area contributed by atoms with Gasteiger partial charge in [-0.05, 0) is 12.8 Å². The maximum atomic E-state index is 10.6. The summed E-state index contributed by atoms with van der Waals surface area (Å²) in [6, 6.07) is 0. The molecule has 1 aliphatic carbocycles. The van der Waals surface area contributed by atoms with Crippen molar-refractivity contribution in [2.24, 2.45) is 5.92 Å². The summed E-state index contributed by atoms with van der Waals surface area (Å²) in [5, 5.41) is 60.0. The van der Waals surface area contributed by atoms with Crippen molar-refractivity contribution in [1.29, 1.82) is 0 Å². The van der Waals surface area contributed by atoms with Crippen LogP contribution in [-0.2, 0) is 9.47 Å². The molecule has 8 heteroatoms. The Morgan fingerprint density at radius 3 is 2.29 bits per heavy atom. The zero-order valence-corrected chi connectivity index (χ0v) is 14.1. The molecule has 0 aromatic rings. The Balaban J connectivity index is 2.17. The number of aliphatic hydroxyl groups is 6. The number of hydrogen-bond donors (Lipinski definition) is 6. The quantitative estimate of drug-likeness (QED) is 0.329. The monoisotopic (exact) mass is 348 g/mol. The third kappa shape index (κ3) is 3.66. The minimum absolute atomic E-state index is 0.0587. The highest BCUT2D eigenvalue weighted by atomic mass is 16.7. The van der Waals surface area contributed by atoms with E-state index in [9.17, 15) is 30.6 Å². The molecule has 1 aliphatic heterocycles. The van der Waals surface area contributed by atoms with Crippen LogP contribution >= 0.6 is 0 Å². The summed E-state index contributed by atoms with van der Waals surface area (Å²) in [6.45, 7) is 4.59. The molecular weight excluding hydrogens is 320 g/mol. The molecule has 0 spiro atoms. The topological polar surface area (TPSA) is 140 Å². The van der Waals surface area contributed by atoms with Gasteiger partial charge in [-0.2, -0.15) is 0 Å². The highest BCUT2D eigenvalue weighted by Crippen LogP contribution is 2.37. The van der Waals surface area contributed by atoms with E-state index in [-0.39, 0.29) is 12.3 Å². The van der Waals surface area contributed by atoms with Crippen molar-refractivity contribution < 1.29 is 40.1 Å². The van der Waals surface area contributed by atoms with Crippen LogP contribution in [-0.4, -0.2) is 85.3 Å². The van der Waals surface area contributed by atoms with E-state index in [2.05, 4.69) is 0 Å². The van der Waals surface area contributed by atoms with E-state index < -0.39 is 54.6 Å². The summed E-state index contributed by atoms with van der Waals surface area (Å²) in [5.74, 6) is -0.134. The third-order valence-corrected chi connectivity index (χ3v) is 5.02. The molecule has 0 saturated carbocycles. The van der Waals surface area contributed by atoms with Crippen LogP contribution in [0, 0.1) is 5.92 Å². The molecule has 8 nitrogen and oxygen atoms in total. The molecule has 0 amide bonds. The van der Waals surface area contributed by atoms with Gasteiger partial charge in [0.2, 0.25) is 0 Å². The normalized spacial score (nSPS) is 49.6. The Morgan fingerprint density at radius 1 is 1.12 bits per heavy atom. The van der Waals surface area contributed by atoms with Crippen LogP contribution in [0.15, 0.2) is 12.2 Å². The lowest BCUT2D eigenvalue weighted by molar-refractivity contribution is -0.324. The standard InChI is InChI=1S/C16H28O8/c1-8(2)16(22)5-4-15(3,21)10(6-16)24-14-13(20)12(19)11(18)9(7-17)23-14/h4-5,8-14,17-22H,6-7H2,1-3H3/t9-,10-,11-,12+,13-,14+,15+,16+/m1/s1. The summed E-state index contributed by atoms with van der Waals surface area (Å²) >= 11 is 0. The Bertz CT molecular complexity index is 463. The zero-order chi connectivity index (χ0) is 18.3. The second-order valence-corrected chi connectivity index (χ2v) is 7.23. The summed E-state index contributed by atoms with van der Waals surface area (Å²) in [6.07, 6.45) is -4.95. The molecule has 2 rings (SSSR count). The van der Waals surface area contributed by atoms with Crippen molar-refractivity contribution >= 4 is 0 Å². The SMILES string of the molecule is CC(C)[C@]1(O)C=C[C@](C)(O)[C@H](O[C@@H]2O[C@H](CO)[C@@H](O)[C@H](O)[C@H]2O)C1. The predicted octanol–water partition coefficient (Wildman–Crippen LogP) is -1.73. The van der Waals surface area contributed by atoms with Gasteiger partial charge >= 0.3 is 0 Å². The fourth-order valence-electron chi connectivity index (χ4n) is 2.95. The Hall–Kier alpha value is -0.580. The van der Waals surface area contributed by atoms with Gasteiger partial charge in [-0.3, -0.25) is 0 Å². The first kappa shape index (κ1) is 19.7. The summed E-state index contributed by atoms with van der Waals surface area (Å²) in [7, 11) is 0. The first-order chi connectivity index (χ1) is 11.0. The van der Waals surface area contributed by atoms with Crippen molar-refractivity contribution in [1.82, 2.24) is 0 Å². The van der Waals surface area contributed by atoms with Gasteiger partial charge in [0.15, 0.2) is 6.29 Å². The van der Waals surface area contributed by atoms with Crippen molar-refractivity contribution in [3.05, 3.63) is 12.2 Å². The van der Waals surface area contributed by atoms with Gasteiger partial charge < -0.3 is 40.1 Å². The lowest BCUT2D eigenvalue weighted by Crippen LogP contribution is -2.61. The summed E-state index contributed by atoms with van der Waals surface area (Å²) in [4.78, 5) is 0. The molecule has 0 bridgehead atoms. The van der Waals surface area contributed by atoms with E-state index in [1.807, 2.05) is 13.8 Å². The Labute approximate surface area is 141 Å². The van der Waals surface area contributed by atoms with E-state index in [0.29, 0.717) is 0 Å². The first-order valence-corrected chi connectivity index (χ1v) is 8.13. The molecule has 2 aliphatic rings. The van der Waals surface area contributed by atoms with Crippen LogP contribution in [0.3, 0.4) is 0 Å². The largest absolute Gasteiger partial charge is 0.394 e. The number of rotatable bonds is 4. The molecule has 1 saturated heterocycles. The van der Waals surface area contributed by atoms with Gasteiger partial charge in [-0.25, -0.2) is 0 Å². The number of ether oxygens (including phenoxy) is 2. The Morgan fingerprint density at radius 2 is 1.75 bits per heavy atom. The van der Waals surface area contributed by atoms with Gasteiger partial charge in [0.05, 0.1) is 18.3 Å². The van der Waals surface area contributed by atoms with Crippen LogP contribution < -0.4 is 0 Å². The number of hydrogen-bond acceptors (Lipinski definition) is 8. The molecule has 0 unspecified atom stereocenters. The molecular formula is C16H28O8. The van der Waals surface area contributed by atoms with E-state index in [1.54, 1.807) is 0 Å². The fourth-order valence-corrected chi connectivity index (χ4v) is 2.95. The highest BCUT2D eigenvalue weighted by Gasteiger charge is 2.49. The van der Waals surface area contributed by atoms with Crippen molar-refractivity contribution in [2.45, 2.75) is 75.2 Å². The minimum Gasteiger partial charge on any atom is -0.394 e. The highest BCUT2D eigenvalue weighted by molar-refractivity contribution is 5.18. The van der Waals surface area contributed by atoms with Crippen LogP contribution in [0.4, 0.5) is 0 Å². The molecule has 1 fully saturated rings. The van der Waals surface area contributed by atoms with Crippen molar-refractivity contribution in [3.8, 4) is 0 Å². The van der Waals surface area contributed by atoms with Crippen molar-refractivity contribution in [2.75, 3.05) is 6.61 Å². The van der Waals surface area contributed by atoms with Gasteiger partial charge in [-0.15, -0.1) is 0 Å². The van der Waals surface area contributed by atoms with E-state index >= 15 is 0 Å². The average molecular weight is 348 g/mol. The van der Waals surface area contributed by atoms with Crippen molar-refractivity contribution in [3.63, 3.8) is 0 Å². The fraction of sp³-hybridized carbons (Fsp3) is 0.875. The summed E-state index contributed by atoms with van der Waals surface area (Å²) in [5.41, 5.74) is -2.61. The maximum absolute atomic E-state index is 10.6. The van der Waals surface area contributed by atoms with Crippen LogP contribution in [0.1, 0.15) is 27.2 Å².